The highest BCUT2D eigenvalue weighted by Crippen LogP contribution is 2.39. The molecule has 12 heteroatoms. The van der Waals surface area contributed by atoms with Crippen LogP contribution in [0.15, 0.2) is 53.8 Å². The largest absolute Gasteiger partial charge is 0.468 e. The molecule has 0 saturated carbocycles. The third-order valence-electron chi connectivity index (χ3n) is 6.21. The quantitative estimate of drug-likeness (QED) is 0.467. The Morgan fingerprint density at radius 3 is 2.59 bits per heavy atom. The van der Waals surface area contributed by atoms with Crippen molar-refractivity contribution >= 4 is 27.6 Å². The normalized spacial score (nSPS) is 17.9. The van der Waals surface area contributed by atoms with E-state index in [2.05, 4.69) is 21.9 Å². The minimum Gasteiger partial charge on any atom is -0.468 e. The number of aromatic nitrogens is 3. The number of halogens is 1. The van der Waals surface area contributed by atoms with Crippen LogP contribution in [0.2, 0.25) is 0 Å². The van der Waals surface area contributed by atoms with Gasteiger partial charge in [-0.05, 0) is 69.0 Å². The van der Waals surface area contributed by atoms with E-state index in [9.17, 15) is 13.2 Å². The van der Waals surface area contributed by atoms with Crippen molar-refractivity contribution in [2.75, 3.05) is 17.2 Å². The second kappa shape index (κ2) is 9.92. The van der Waals surface area contributed by atoms with E-state index in [-0.39, 0.29) is 30.4 Å². The first-order chi connectivity index (χ1) is 17.4. The first-order valence-corrected chi connectivity index (χ1v) is 13.2. The van der Waals surface area contributed by atoms with Crippen molar-refractivity contribution in [2.24, 2.45) is 5.92 Å². The third-order valence-corrected chi connectivity index (χ3v) is 7.44. The predicted molar refractivity (Wildman–Crippen MR) is 138 cm³/mol. The molecule has 0 aliphatic carbocycles. The summed E-state index contributed by atoms with van der Waals surface area (Å²) in [6.45, 7) is 8.30. The lowest BCUT2D eigenvalue weighted by molar-refractivity contribution is 0.0980. The molecule has 1 aliphatic rings. The van der Waals surface area contributed by atoms with Gasteiger partial charge in [-0.15, -0.1) is 0 Å². The summed E-state index contributed by atoms with van der Waals surface area (Å²) in [5.41, 5.74) is 5.68. The number of rotatable bonds is 7. The van der Waals surface area contributed by atoms with Crippen LogP contribution in [-0.4, -0.2) is 41.4 Å². The van der Waals surface area contributed by atoms with Gasteiger partial charge in [-0.25, -0.2) is 14.1 Å². The van der Waals surface area contributed by atoms with Gasteiger partial charge < -0.3 is 15.4 Å². The number of carbonyl (C=O) groups excluding carboxylic acids is 1. The fraction of sp³-hybridized carbons (Fsp3) is 0.360. The summed E-state index contributed by atoms with van der Waals surface area (Å²) in [4.78, 5) is 27.3. The van der Waals surface area contributed by atoms with Crippen molar-refractivity contribution < 1.29 is 23.8 Å². The van der Waals surface area contributed by atoms with Crippen LogP contribution in [0.25, 0.3) is 0 Å². The van der Waals surface area contributed by atoms with E-state index in [4.69, 9.17) is 10.5 Å². The van der Waals surface area contributed by atoms with E-state index < -0.39 is 38.4 Å². The number of hydrogen-bond acceptors (Lipinski definition) is 9. The molecule has 37 heavy (non-hydrogen) atoms. The molecular formula is C25H31FN6O4S. The lowest BCUT2D eigenvalue weighted by atomic mass is 9.97. The van der Waals surface area contributed by atoms with Crippen LogP contribution in [0.1, 0.15) is 57.6 Å². The van der Waals surface area contributed by atoms with Crippen LogP contribution in [0.4, 0.5) is 16.0 Å². The lowest BCUT2D eigenvalue weighted by Crippen LogP contribution is -2.41. The molecule has 0 spiro atoms. The van der Waals surface area contributed by atoms with Gasteiger partial charge >= 0.3 is 0 Å². The Balaban J connectivity index is 0.00000400. The topological polar surface area (TPSA) is 140 Å². The van der Waals surface area contributed by atoms with E-state index in [1.807, 2.05) is 23.5 Å². The van der Waals surface area contributed by atoms with E-state index in [1.165, 1.54) is 18.2 Å². The molecule has 1 amide bonds. The molecule has 198 valence electrons. The molecule has 1 saturated heterocycles. The maximum atomic E-state index is 15.3. The Hall–Kier alpha value is -3.80. The van der Waals surface area contributed by atoms with Gasteiger partial charge in [0.25, 0.3) is 21.8 Å². The predicted octanol–water partition coefficient (Wildman–Crippen LogP) is 3.72. The molecule has 0 bridgehead atoms. The molecule has 4 heterocycles. The van der Waals surface area contributed by atoms with Crippen molar-refractivity contribution in [2.45, 2.75) is 50.8 Å². The van der Waals surface area contributed by atoms with Gasteiger partial charge in [0.15, 0.2) is 10.8 Å². The smallest absolute Gasteiger partial charge is 0.281 e. The Morgan fingerprint density at radius 1 is 1.27 bits per heavy atom. The number of ether oxygens (including phenoxy) is 1. The number of pyridine rings is 3. The number of carbonyl (C=O) groups is 1. The van der Waals surface area contributed by atoms with Crippen molar-refractivity contribution in [1.29, 1.82) is 0 Å². The lowest BCUT2D eigenvalue weighted by Gasteiger charge is -2.34. The van der Waals surface area contributed by atoms with Gasteiger partial charge in [-0.3, -0.25) is 9.78 Å². The van der Waals surface area contributed by atoms with Gasteiger partial charge in [0.1, 0.15) is 17.7 Å². The van der Waals surface area contributed by atoms with Crippen LogP contribution < -0.4 is 20.1 Å². The van der Waals surface area contributed by atoms with Gasteiger partial charge in [0.05, 0.1) is 5.56 Å². The Kier molecular flexibility index (Phi) is 7.05. The van der Waals surface area contributed by atoms with Crippen LogP contribution >= 0.6 is 0 Å². The highest BCUT2D eigenvalue weighted by Gasteiger charge is 2.40. The van der Waals surface area contributed by atoms with Gasteiger partial charge in [0.2, 0.25) is 0 Å². The highest BCUT2D eigenvalue weighted by molar-refractivity contribution is 7.90. The first-order valence-electron chi connectivity index (χ1n) is 11.7. The average Bonchev–Trinajstić information content (AvgIpc) is 3.11. The number of hydrogen-bond donors (Lipinski definition) is 2. The summed E-state index contributed by atoms with van der Waals surface area (Å²) in [6, 6.07) is 8.46. The maximum absolute atomic E-state index is 15.3. The van der Waals surface area contributed by atoms with E-state index in [0.717, 1.165) is 18.1 Å². The molecule has 1 fully saturated rings. The van der Waals surface area contributed by atoms with Crippen LogP contribution in [0.5, 0.6) is 5.88 Å². The first kappa shape index (κ1) is 26.3. The molecule has 4 rings (SSSR count). The average molecular weight is 531 g/mol. The van der Waals surface area contributed by atoms with Gasteiger partial charge in [-0.1, -0.05) is 13.0 Å². The summed E-state index contributed by atoms with van der Waals surface area (Å²) in [5, 5.41) is -0.433. The zero-order chi connectivity index (χ0) is 27.0. The van der Waals surface area contributed by atoms with Gasteiger partial charge in [-0.2, -0.15) is 13.4 Å². The molecule has 3 aromatic rings. The molecular weight excluding hydrogens is 499 g/mol. The zero-order valence-corrected chi connectivity index (χ0v) is 21.8. The molecule has 0 aromatic carbocycles. The fourth-order valence-corrected chi connectivity index (χ4v) is 5.50. The SMILES string of the molecule is CC(Oc1nc(N2C[C@@H](C)CC2(C)C)c(C(=O)NS(=O)(=O)c2cccc(N)n2)cc1F)c1ccncc1.[HH]. The second-order valence-corrected chi connectivity index (χ2v) is 11.4. The van der Waals surface area contributed by atoms with Crippen LogP contribution in [0, 0.1) is 11.7 Å². The van der Waals surface area contributed by atoms with Crippen molar-refractivity contribution in [3.63, 3.8) is 0 Å². The van der Waals surface area contributed by atoms with Crippen LogP contribution in [-0.2, 0) is 10.0 Å². The highest BCUT2D eigenvalue weighted by atomic mass is 32.2. The summed E-state index contributed by atoms with van der Waals surface area (Å²) < 4.78 is 48.7. The number of nitrogens with zero attached hydrogens (tertiary/aromatic N) is 4. The Morgan fingerprint density at radius 2 is 1.97 bits per heavy atom. The Labute approximate surface area is 216 Å². The van der Waals surface area contributed by atoms with Crippen molar-refractivity contribution in [3.8, 4) is 5.88 Å². The molecule has 3 aromatic heterocycles. The zero-order valence-electron chi connectivity index (χ0n) is 21.0. The molecule has 2 atom stereocenters. The number of nitrogens with one attached hydrogen (secondary N) is 1. The van der Waals surface area contributed by atoms with Gasteiger partial charge in [0, 0.05) is 25.9 Å². The van der Waals surface area contributed by atoms with E-state index in [1.54, 1.807) is 31.5 Å². The molecule has 10 nitrogen and oxygen atoms in total. The van der Waals surface area contributed by atoms with E-state index >= 15 is 4.39 Å². The Bertz CT molecular complexity index is 1420. The third kappa shape index (κ3) is 5.63. The number of nitrogen functional groups attached to an aromatic ring is 1. The number of anilines is 2. The van der Waals surface area contributed by atoms with Crippen LogP contribution in [0.3, 0.4) is 0 Å². The number of amides is 1. The van der Waals surface area contributed by atoms with E-state index in [0.29, 0.717) is 6.54 Å². The summed E-state index contributed by atoms with van der Waals surface area (Å²) >= 11 is 0. The molecule has 1 unspecified atom stereocenters. The minimum atomic E-state index is -4.38. The monoisotopic (exact) mass is 530 g/mol. The molecule has 1 aliphatic heterocycles. The molecule has 0 radical (unpaired) electrons. The number of sulfonamides is 1. The maximum Gasteiger partial charge on any atom is 0.281 e. The summed E-state index contributed by atoms with van der Waals surface area (Å²) in [7, 11) is -4.38. The minimum absolute atomic E-state index is 0. The second-order valence-electron chi connectivity index (χ2n) is 9.75. The standard InChI is InChI=1S/C25H29FN6O4S.H2/c1-15-13-25(3,4)32(14-15)22-18(23(33)31-37(34,35)21-7-5-6-20(27)29-21)12-19(26)24(30-22)36-16(2)17-8-10-28-11-9-17;/h5-12,15-16H,13-14H2,1-4H3,(H2,27,29)(H,31,33);1H/t15-,16?;/m0./s1. The van der Waals surface area contributed by atoms with Crippen molar-refractivity contribution in [1.82, 2.24) is 19.7 Å². The molecule has 3 N–H and O–H groups in total. The summed E-state index contributed by atoms with van der Waals surface area (Å²) in [6.07, 6.45) is 3.43. The van der Waals surface area contributed by atoms with Crippen molar-refractivity contribution in [3.05, 3.63) is 65.7 Å². The number of nitrogens with two attached hydrogens (primary N) is 1. The fourth-order valence-electron chi connectivity index (χ4n) is 4.56. The summed E-state index contributed by atoms with van der Waals surface area (Å²) in [5.74, 6) is -1.89.